The Balaban J connectivity index is 1.42. The topological polar surface area (TPSA) is 77.2 Å². The third-order valence-electron chi connectivity index (χ3n) is 6.43. The molecule has 2 N–H and O–H groups in total. The summed E-state index contributed by atoms with van der Waals surface area (Å²) in [6.07, 6.45) is 2.66. The number of hydrogen-bond donors (Lipinski definition) is 2. The van der Waals surface area contributed by atoms with Crippen molar-refractivity contribution in [3.05, 3.63) is 83.6 Å². The molecule has 3 heterocycles. The van der Waals surface area contributed by atoms with Gasteiger partial charge in [-0.1, -0.05) is 60.7 Å². The molecule has 1 aliphatic rings. The zero-order valence-electron chi connectivity index (χ0n) is 19.7. The summed E-state index contributed by atoms with van der Waals surface area (Å²) in [6, 6.07) is 19.8. The highest BCUT2D eigenvalue weighted by Crippen LogP contribution is 2.33. The lowest BCUT2D eigenvalue weighted by atomic mass is 9.95. The first-order valence-electron chi connectivity index (χ1n) is 11.7. The van der Waals surface area contributed by atoms with Gasteiger partial charge in [0.15, 0.2) is 5.65 Å². The summed E-state index contributed by atoms with van der Waals surface area (Å²) in [5.74, 6) is 0.103. The fraction of sp³-hybridized carbons (Fsp3) is 0.296. The third kappa shape index (κ3) is 4.44. The summed E-state index contributed by atoms with van der Waals surface area (Å²) in [7, 11) is 4.08. The van der Waals surface area contributed by atoms with E-state index in [1.165, 1.54) is 5.56 Å². The van der Waals surface area contributed by atoms with Gasteiger partial charge in [0.25, 0.3) is 0 Å². The Morgan fingerprint density at radius 3 is 2.59 bits per heavy atom. The molecule has 5 rings (SSSR count). The van der Waals surface area contributed by atoms with Crippen molar-refractivity contribution in [2.75, 3.05) is 33.7 Å². The second-order valence-corrected chi connectivity index (χ2v) is 9.04. The van der Waals surface area contributed by atoms with Gasteiger partial charge < -0.3 is 15.1 Å². The van der Waals surface area contributed by atoms with Crippen LogP contribution in [0.3, 0.4) is 0 Å². The highest BCUT2D eigenvalue weighted by molar-refractivity contribution is 5.94. The maximum atomic E-state index is 13.7. The Kier molecular flexibility index (Phi) is 6.38. The number of hydrogen-bond acceptors (Lipinski definition) is 5. The number of nitrogens with one attached hydrogen (secondary N) is 2. The normalized spacial score (nSPS) is 14.4. The minimum atomic E-state index is -0.367. The minimum absolute atomic E-state index is 0.103. The van der Waals surface area contributed by atoms with Crippen molar-refractivity contribution >= 4 is 16.9 Å². The molecule has 2 aromatic carbocycles. The number of amides is 1. The van der Waals surface area contributed by atoms with E-state index in [0.29, 0.717) is 13.1 Å². The summed E-state index contributed by atoms with van der Waals surface area (Å²) in [6.45, 7) is 2.82. The van der Waals surface area contributed by atoms with Crippen LogP contribution in [0.5, 0.6) is 0 Å². The summed E-state index contributed by atoms with van der Waals surface area (Å²) in [5.41, 5.74) is 6.13. The lowest BCUT2D eigenvalue weighted by Crippen LogP contribution is -2.44. The molecule has 4 aromatic rings. The molecule has 0 radical (unpaired) electrons. The zero-order valence-corrected chi connectivity index (χ0v) is 19.7. The summed E-state index contributed by atoms with van der Waals surface area (Å²) < 4.78 is 0. The number of aromatic amines is 1. The summed E-state index contributed by atoms with van der Waals surface area (Å²) >= 11 is 0. The molecule has 0 fully saturated rings. The van der Waals surface area contributed by atoms with Gasteiger partial charge in [-0.3, -0.25) is 9.89 Å². The van der Waals surface area contributed by atoms with Gasteiger partial charge in [0.1, 0.15) is 6.04 Å². The molecule has 0 saturated carbocycles. The fourth-order valence-corrected chi connectivity index (χ4v) is 4.65. The molecule has 7 nitrogen and oxygen atoms in total. The molecular weight excluding hydrogens is 424 g/mol. The molecular formula is C27H30N6O. The number of benzene rings is 2. The number of carbonyl (C=O) groups is 1. The molecule has 174 valence electrons. The van der Waals surface area contributed by atoms with E-state index in [-0.39, 0.29) is 11.9 Å². The van der Waals surface area contributed by atoms with E-state index in [9.17, 15) is 4.79 Å². The van der Waals surface area contributed by atoms with Crippen LogP contribution in [0.2, 0.25) is 0 Å². The fourth-order valence-electron chi connectivity index (χ4n) is 4.65. The van der Waals surface area contributed by atoms with E-state index in [2.05, 4.69) is 37.5 Å². The average Bonchev–Trinajstić information content (AvgIpc) is 3.31. The molecule has 7 heteroatoms. The Morgan fingerprint density at radius 1 is 1.12 bits per heavy atom. The first-order valence-corrected chi connectivity index (χ1v) is 11.7. The van der Waals surface area contributed by atoms with E-state index >= 15 is 0 Å². The monoisotopic (exact) mass is 454 g/mol. The van der Waals surface area contributed by atoms with Crippen LogP contribution in [0.1, 0.15) is 22.7 Å². The van der Waals surface area contributed by atoms with Crippen LogP contribution in [-0.4, -0.2) is 64.6 Å². The van der Waals surface area contributed by atoms with Gasteiger partial charge in [-0.25, -0.2) is 4.98 Å². The number of fused-ring (bicyclic) bond motifs is 3. The molecule has 1 amide bonds. The second-order valence-electron chi connectivity index (χ2n) is 9.04. The van der Waals surface area contributed by atoms with Crippen molar-refractivity contribution in [3.63, 3.8) is 0 Å². The van der Waals surface area contributed by atoms with Gasteiger partial charge >= 0.3 is 0 Å². The number of pyridine rings is 1. The van der Waals surface area contributed by atoms with E-state index in [1.807, 2.05) is 73.7 Å². The zero-order chi connectivity index (χ0) is 23.5. The second kappa shape index (κ2) is 9.75. The Hall–Kier alpha value is -3.55. The van der Waals surface area contributed by atoms with Crippen LogP contribution in [0.25, 0.3) is 22.3 Å². The predicted octanol–water partition coefficient (Wildman–Crippen LogP) is 3.40. The Morgan fingerprint density at radius 2 is 1.85 bits per heavy atom. The lowest BCUT2D eigenvalue weighted by molar-refractivity contribution is -0.134. The number of nitrogens with zero attached hydrogens (tertiary/aromatic N) is 4. The number of aromatic nitrogens is 3. The Labute approximate surface area is 199 Å². The van der Waals surface area contributed by atoms with Crippen LogP contribution in [-0.2, 0) is 17.8 Å². The Bertz CT molecular complexity index is 1270. The van der Waals surface area contributed by atoms with Gasteiger partial charge in [-0.2, -0.15) is 5.10 Å². The van der Waals surface area contributed by atoms with E-state index in [1.54, 1.807) is 0 Å². The predicted molar refractivity (Wildman–Crippen MR) is 134 cm³/mol. The van der Waals surface area contributed by atoms with Crippen molar-refractivity contribution in [1.82, 2.24) is 30.3 Å². The highest BCUT2D eigenvalue weighted by Gasteiger charge is 2.30. The highest BCUT2D eigenvalue weighted by atomic mass is 16.2. The SMILES string of the molecule is CN(C)CCNC(C(=O)N1CCc2c(cnc3n[nH]c(-c4ccccc4)c23)C1)c1ccccc1. The van der Waals surface area contributed by atoms with Gasteiger partial charge in [0, 0.05) is 37.9 Å². The first kappa shape index (κ1) is 22.3. The van der Waals surface area contributed by atoms with Crippen molar-refractivity contribution < 1.29 is 4.79 Å². The molecule has 1 aliphatic heterocycles. The molecule has 2 aromatic heterocycles. The van der Waals surface area contributed by atoms with Crippen LogP contribution in [0, 0.1) is 0 Å². The molecule has 34 heavy (non-hydrogen) atoms. The quantitative estimate of drug-likeness (QED) is 0.448. The van der Waals surface area contributed by atoms with E-state index in [4.69, 9.17) is 0 Å². The van der Waals surface area contributed by atoms with Gasteiger partial charge in [-0.05, 0) is 37.2 Å². The van der Waals surface area contributed by atoms with Gasteiger partial charge in [0.2, 0.25) is 5.91 Å². The minimum Gasteiger partial charge on any atom is -0.336 e. The summed E-state index contributed by atoms with van der Waals surface area (Å²) in [5, 5.41) is 12.2. The van der Waals surface area contributed by atoms with Gasteiger partial charge in [0.05, 0.1) is 11.1 Å². The molecule has 1 atom stereocenters. The maximum absolute atomic E-state index is 13.7. The number of likely N-dealkylation sites (N-methyl/N-ethyl adjacent to an activating group) is 1. The molecule has 1 unspecified atom stereocenters. The summed E-state index contributed by atoms with van der Waals surface area (Å²) in [4.78, 5) is 22.4. The van der Waals surface area contributed by atoms with Crippen LogP contribution in [0.15, 0.2) is 66.9 Å². The number of rotatable bonds is 7. The van der Waals surface area contributed by atoms with E-state index < -0.39 is 0 Å². The lowest BCUT2D eigenvalue weighted by Gasteiger charge is -2.32. The third-order valence-corrected chi connectivity index (χ3v) is 6.43. The standard InChI is InChI=1S/C27H30N6O/c1-32(2)16-14-28-25(20-11-7-4-8-12-20)27(34)33-15-13-22-21(18-33)17-29-26-23(22)24(30-31-26)19-9-5-3-6-10-19/h3-12,17,25,28H,13-16,18H2,1-2H3,(H,29,30,31). The van der Waals surface area contributed by atoms with Crippen LogP contribution in [0.4, 0.5) is 0 Å². The smallest absolute Gasteiger partial charge is 0.244 e. The maximum Gasteiger partial charge on any atom is 0.244 e. The van der Waals surface area contributed by atoms with Crippen molar-refractivity contribution in [1.29, 1.82) is 0 Å². The molecule has 0 saturated heterocycles. The largest absolute Gasteiger partial charge is 0.336 e. The van der Waals surface area contributed by atoms with Crippen LogP contribution < -0.4 is 5.32 Å². The average molecular weight is 455 g/mol. The van der Waals surface area contributed by atoms with Crippen molar-refractivity contribution in [2.45, 2.75) is 19.0 Å². The molecule has 0 bridgehead atoms. The number of carbonyl (C=O) groups excluding carboxylic acids is 1. The van der Waals surface area contributed by atoms with Crippen LogP contribution >= 0.6 is 0 Å². The molecule has 0 aliphatic carbocycles. The first-order chi connectivity index (χ1) is 16.6. The molecule has 0 spiro atoms. The van der Waals surface area contributed by atoms with Crippen molar-refractivity contribution in [3.8, 4) is 11.3 Å². The van der Waals surface area contributed by atoms with E-state index in [0.717, 1.165) is 52.9 Å². The van der Waals surface area contributed by atoms with Gasteiger partial charge in [-0.15, -0.1) is 0 Å². The number of H-pyrrole nitrogens is 1. The van der Waals surface area contributed by atoms with Crippen molar-refractivity contribution in [2.24, 2.45) is 0 Å².